The number of morpholine rings is 1. The third kappa shape index (κ3) is 9.63. The molecule has 1 saturated heterocycles. The van der Waals surface area contributed by atoms with Gasteiger partial charge in [-0.3, -0.25) is 0 Å². The summed E-state index contributed by atoms with van der Waals surface area (Å²) in [5.41, 5.74) is 3.19. The lowest BCUT2D eigenvalue weighted by molar-refractivity contribution is -0.132. The number of hydrogen-bond donors (Lipinski definition) is 2. The van der Waals surface area contributed by atoms with E-state index in [0.29, 0.717) is 23.9 Å². The molecule has 0 bridgehead atoms. The summed E-state index contributed by atoms with van der Waals surface area (Å²) in [7, 11) is 0. The molecular weight excluding hydrogens is 494 g/mol. The summed E-state index contributed by atoms with van der Waals surface area (Å²) < 4.78 is 5.38. The highest BCUT2D eigenvalue weighted by molar-refractivity contribution is 6.30. The fourth-order valence-corrected chi connectivity index (χ4v) is 3.56. The maximum atomic E-state index is 10.7. The molecule has 1 aliphatic heterocycles. The zero-order chi connectivity index (χ0) is 27.8. The molecule has 0 unspecified atom stereocenters. The fraction of sp³-hybridized carbons (Fsp3) is 0.429. The van der Waals surface area contributed by atoms with E-state index in [-0.39, 0.29) is 10.8 Å². The predicted octanol–water partition coefficient (Wildman–Crippen LogP) is 5.44. The number of rotatable bonds is 5. The normalized spacial score (nSPS) is 14.5. The first kappa shape index (κ1) is 30.0. The van der Waals surface area contributed by atoms with Crippen molar-refractivity contribution < 1.29 is 24.5 Å². The van der Waals surface area contributed by atoms with Gasteiger partial charge in [-0.05, 0) is 30.4 Å². The molecule has 1 aliphatic rings. The number of nitrogens with zero attached hydrogens (tertiary/aromatic N) is 3. The highest BCUT2D eigenvalue weighted by Crippen LogP contribution is 2.27. The molecule has 3 heterocycles. The van der Waals surface area contributed by atoms with Gasteiger partial charge in [-0.15, -0.1) is 0 Å². The number of aromatic nitrogens is 2. The third-order valence-electron chi connectivity index (χ3n) is 5.44. The van der Waals surface area contributed by atoms with Crippen molar-refractivity contribution in [2.24, 2.45) is 0 Å². The third-order valence-corrected chi connectivity index (χ3v) is 5.74. The van der Waals surface area contributed by atoms with E-state index < -0.39 is 11.9 Å². The van der Waals surface area contributed by atoms with Crippen LogP contribution in [-0.4, -0.2) is 58.4 Å². The molecule has 0 atom stereocenters. The minimum absolute atomic E-state index is 0.0456. The van der Waals surface area contributed by atoms with Crippen LogP contribution in [0.3, 0.4) is 0 Å². The Bertz CT molecular complexity index is 1160. The van der Waals surface area contributed by atoms with E-state index in [2.05, 4.69) is 30.7 Å². The summed E-state index contributed by atoms with van der Waals surface area (Å²) >= 11 is 5.96. The van der Waals surface area contributed by atoms with Crippen LogP contribution in [0.25, 0.3) is 12.2 Å². The van der Waals surface area contributed by atoms with Crippen molar-refractivity contribution in [3.05, 3.63) is 64.1 Å². The van der Waals surface area contributed by atoms with E-state index in [1.165, 1.54) is 6.08 Å². The summed E-state index contributed by atoms with van der Waals surface area (Å²) in [5.74, 6) is -1.12. The van der Waals surface area contributed by atoms with Gasteiger partial charge in [-0.25, -0.2) is 19.6 Å². The number of carbonyl (C=O) groups is 2. The lowest BCUT2D eigenvalue weighted by atomic mass is 9.91. The second-order valence-electron chi connectivity index (χ2n) is 10.6. The second kappa shape index (κ2) is 12.8. The topological polar surface area (TPSA) is 113 Å². The first-order chi connectivity index (χ1) is 17.2. The van der Waals surface area contributed by atoms with Crippen LogP contribution in [0.15, 0.2) is 36.4 Å². The van der Waals surface area contributed by atoms with E-state index in [0.717, 1.165) is 48.0 Å². The van der Waals surface area contributed by atoms with Crippen LogP contribution in [0.5, 0.6) is 0 Å². The number of anilines is 1. The molecule has 2 N–H and O–H groups in total. The summed E-state index contributed by atoms with van der Waals surface area (Å²) in [6, 6.07) is 7.53. The number of hydrogen-bond acceptors (Lipinski definition) is 6. The second-order valence-corrected chi connectivity index (χ2v) is 11.0. The predicted molar refractivity (Wildman–Crippen MR) is 147 cm³/mol. The van der Waals surface area contributed by atoms with Gasteiger partial charge in [0.25, 0.3) is 0 Å². The molecule has 1 fully saturated rings. The van der Waals surface area contributed by atoms with Crippen LogP contribution in [-0.2, 0) is 25.2 Å². The molecule has 2 aromatic rings. The Morgan fingerprint density at radius 1 is 0.838 bits per heavy atom. The van der Waals surface area contributed by atoms with Crippen LogP contribution < -0.4 is 4.90 Å². The minimum Gasteiger partial charge on any atom is -0.478 e. The van der Waals surface area contributed by atoms with Gasteiger partial charge in [0.05, 0.1) is 13.2 Å². The summed E-state index contributed by atoms with van der Waals surface area (Å²) in [6.45, 7) is 15.4. The number of ether oxygens (including phenoxy) is 1. The average Bonchev–Trinajstić information content (AvgIpc) is 2.81. The summed E-state index contributed by atoms with van der Waals surface area (Å²) in [4.78, 5) is 32.3. The van der Waals surface area contributed by atoms with Gasteiger partial charge >= 0.3 is 11.9 Å². The van der Waals surface area contributed by atoms with Crippen molar-refractivity contribution in [1.82, 2.24) is 9.97 Å². The van der Waals surface area contributed by atoms with E-state index in [1.807, 2.05) is 39.0 Å². The van der Waals surface area contributed by atoms with Crippen LogP contribution in [0.1, 0.15) is 64.1 Å². The van der Waals surface area contributed by atoms with Crippen molar-refractivity contribution in [2.75, 3.05) is 31.2 Å². The van der Waals surface area contributed by atoms with Crippen LogP contribution in [0.4, 0.5) is 5.82 Å². The van der Waals surface area contributed by atoms with Crippen molar-refractivity contribution in [2.45, 2.75) is 52.4 Å². The Morgan fingerprint density at radius 3 is 1.76 bits per heavy atom. The maximum absolute atomic E-state index is 10.7. The van der Waals surface area contributed by atoms with Gasteiger partial charge in [0, 0.05) is 58.6 Å². The zero-order valence-electron chi connectivity index (χ0n) is 22.3. The number of pyridine rings is 2. The van der Waals surface area contributed by atoms with Crippen LogP contribution in [0, 0.1) is 0 Å². The maximum Gasteiger partial charge on any atom is 0.328 e. The van der Waals surface area contributed by atoms with Gasteiger partial charge in [0.2, 0.25) is 0 Å². The van der Waals surface area contributed by atoms with Gasteiger partial charge < -0.3 is 19.8 Å². The monoisotopic (exact) mass is 529 g/mol. The molecule has 0 aliphatic carbocycles. The van der Waals surface area contributed by atoms with E-state index in [1.54, 1.807) is 12.1 Å². The SMILES string of the molecule is CC(C)(C)c1ccc(C=CC(=O)O)c(Cl)n1.CC(C)(C)c1ccc(C=CC(=O)O)c(N2CCOCC2)n1. The fourth-order valence-electron chi connectivity index (χ4n) is 3.34. The first-order valence-electron chi connectivity index (χ1n) is 12.0. The largest absolute Gasteiger partial charge is 0.478 e. The molecule has 0 aromatic carbocycles. The molecule has 2 aromatic heterocycles. The van der Waals surface area contributed by atoms with Crippen molar-refractivity contribution in [3.8, 4) is 0 Å². The van der Waals surface area contributed by atoms with Gasteiger partial charge in [0.15, 0.2) is 0 Å². The molecule has 200 valence electrons. The number of halogens is 1. The Kier molecular flexibility index (Phi) is 10.4. The average molecular weight is 530 g/mol. The Labute approximate surface area is 223 Å². The smallest absolute Gasteiger partial charge is 0.328 e. The Morgan fingerprint density at radius 2 is 1.30 bits per heavy atom. The molecule has 0 spiro atoms. The van der Waals surface area contributed by atoms with Gasteiger partial charge in [-0.2, -0.15) is 0 Å². The van der Waals surface area contributed by atoms with E-state index in [4.69, 9.17) is 31.5 Å². The standard InChI is InChI=1S/C16H22N2O3.C12H14ClNO2/c1-16(2,3)13-6-4-12(5-7-14(19)20)15(17-13)18-8-10-21-11-9-18;1-12(2,3)9-6-4-8(11(13)14-9)5-7-10(15)16/h4-7H,8-11H2,1-3H3,(H,19,20);4-7H,1-3H3,(H,15,16). The summed E-state index contributed by atoms with van der Waals surface area (Å²) in [5, 5.41) is 17.6. The number of carboxylic acid groups (broad SMARTS) is 2. The molecule has 0 amide bonds. The Balaban J connectivity index is 0.000000271. The highest BCUT2D eigenvalue weighted by Gasteiger charge is 2.21. The van der Waals surface area contributed by atoms with E-state index in [9.17, 15) is 9.59 Å². The molecule has 37 heavy (non-hydrogen) atoms. The van der Waals surface area contributed by atoms with Crippen molar-refractivity contribution in [3.63, 3.8) is 0 Å². The van der Waals surface area contributed by atoms with Gasteiger partial charge in [-0.1, -0.05) is 59.2 Å². The molecule has 8 nitrogen and oxygen atoms in total. The molecule has 0 radical (unpaired) electrons. The van der Waals surface area contributed by atoms with Gasteiger partial charge in [0.1, 0.15) is 11.0 Å². The van der Waals surface area contributed by atoms with Crippen LogP contribution in [0.2, 0.25) is 5.15 Å². The molecule has 9 heteroatoms. The van der Waals surface area contributed by atoms with Crippen molar-refractivity contribution >= 4 is 41.5 Å². The molecular formula is C28H36ClN3O5. The molecule has 0 saturated carbocycles. The quantitative estimate of drug-likeness (QED) is 0.388. The zero-order valence-corrected chi connectivity index (χ0v) is 23.0. The number of aliphatic carboxylic acids is 2. The highest BCUT2D eigenvalue weighted by atomic mass is 35.5. The van der Waals surface area contributed by atoms with E-state index >= 15 is 0 Å². The summed E-state index contributed by atoms with van der Waals surface area (Å²) in [6.07, 6.45) is 5.23. The Hall–Kier alpha value is -3.23. The van der Waals surface area contributed by atoms with Crippen LogP contribution >= 0.6 is 11.6 Å². The lowest BCUT2D eigenvalue weighted by Crippen LogP contribution is -2.37. The lowest BCUT2D eigenvalue weighted by Gasteiger charge is -2.30. The molecule has 3 rings (SSSR count). The van der Waals surface area contributed by atoms with Crippen molar-refractivity contribution in [1.29, 1.82) is 0 Å². The minimum atomic E-state index is -1.00. The first-order valence-corrected chi connectivity index (χ1v) is 12.4. The number of carboxylic acids is 2.